The van der Waals surface area contributed by atoms with E-state index in [-0.39, 0.29) is 18.3 Å². The van der Waals surface area contributed by atoms with E-state index in [2.05, 4.69) is 15.4 Å². The first-order valence-electron chi connectivity index (χ1n) is 7.96. The highest BCUT2D eigenvalue weighted by Gasteiger charge is 2.13. The van der Waals surface area contributed by atoms with Gasteiger partial charge in [0.25, 0.3) is 5.91 Å². The van der Waals surface area contributed by atoms with E-state index >= 15 is 0 Å². The fourth-order valence-electron chi connectivity index (χ4n) is 2.45. The minimum Gasteiger partial charge on any atom is -0.506 e. The lowest BCUT2D eigenvalue weighted by Gasteiger charge is -2.12. The third-order valence-corrected chi connectivity index (χ3v) is 4.52. The molecule has 3 rings (SSSR count). The fraction of sp³-hybridized carbons (Fsp3) is 0.167. The molecule has 27 heavy (non-hydrogen) atoms. The summed E-state index contributed by atoms with van der Waals surface area (Å²) >= 11 is 12.7. The zero-order valence-electron chi connectivity index (χ0n) is 14.3. The average Bonchev–Trinajstić information content (AvgIpc) is 3.18. The molecule has 0 spiro atoms. The number of benzene rings is 2. The number of carbonyl (C=O) groups excluding carboxylic acids is 1. The Bertz CT molecular complexity index is 938. The molecule has 7 nitrogen and oxygen atoms in total. The summed E-state index contributed by atoms with van der Waals surface area (Å²) in [6.45, 7) is -0.123. The molecule has 0 radical (unpaired) electrons. The van der Waals surface area contributed by atoms with Crippen molar-refractivity contribution in [3.63, 3.8) is 0 Å². The molecule has 0 aliphatic rings. The standard InChI is InChI=1S/C18H16Cl2N4O3/c1-21-18(26)8-27-12-6-14(19)13(15(20)7-12)4-11-2-3-17(25)16(5-11)24-10-22-9-23-24/h2-3,5-7,9-10,25H,4,8H2,1H3,(H,21,26). The van der Waals surface area contributed by atoms with Gasteiger partial charge in [0.05, 0.1) is 0 Å². The molecule has 3 aromatic rings. The molecule has 0 aliphatic carbocycles. The molecule has 1 amide bonds. The first-order valence-corrected chi connectivity index (χ1v) is 8.71. The Morgan fingerprint density at radius 1 is 1.26 bits per heavy atom. The lowest BCUT2D eigenvalue weighted by molar-refractivity contribution is -0.122. The molecular weight excluding hydrogens is 391 g/mol. The van der Waals surface area contributed by atoms with Gasteiger partial charge in [-0.15, -0.1) is 0 Å². The Kier molecular flexibility index (Phi) is 5.83. The lowest BCUT2D eigenvalue weighted by atomic mass is 10.0. The van der Waals surface area contributed by atoms with Gasteiger partial charge in [-0.2, -0.15) is 5.10 Å². The highest BCUT2D eigenvalue weighted by atomic mass is 35.5. The number of carbonyl (C=O) groups is 1. The first-order chi connectivity index (χ1) is 13.0. The molecular formula is C18H16Cl2N4O3. The number of hydrogen-bond donors (Lipinski definition) is 2. The Labute approximate surface area is 165 Å². The van der Waals surface area contributed by atoms with Gasteiger partial charge in [0.1, 0.15) is 29.8 Å². The zero-order chi connectivity index (χ0) is 19.4. The van der Waals surface area contributed by atoms with Crippen molar-refractivity contribution in [2.75, 3.05) is 13.7 Å². The summed E-state index contributed by atoms with van der Waals surface area (Å²) in [5, 5.41) is 17.4. The summed E-state index contributed by atoms with van der Waals surface area (Å²) in [6.07, 6.45) is 3.32. The van der Waals surface area contributed by atoms with Crippen molar-refractivity contribution in [2.45, 2.75) is 6.42 Å². The molecule has 0 saturated carbocycles. The van der Waals surface area contributed by atoms with Crippen molar-refractivity contribution in [3.05, 3.63) is 64.2 Å². The third-order valence-electron chi connectivity index (χ3n) is 3.85. The van der Waals surface area contributed by atoms with Crippen LogP contribution in [0.2, 0.25) is 10.0 Å². The van der Waals surface area contributed by atoms with Crippen LogP contribution in [-0.4, -0.2) is 39.4 Å². The number of ether oxygens (including phenoxy) is 1. The van der Waals surface area contributed by atoms with Crippen molar-refractivity contribution in [3.8, 4) is 17.2 Å². The zero-order valence-corrected chi connectivity index (χ0v) is 15.8. The minimum absolute atomic E-state index is 0.0828. The quantitative estimate of drug-likeness (QED) is 0.656. The minimum atomic E-state index is -0.254. The number of nitrogens with one attached hydrogen (secondary N) is 1. The van der Waals surface area contributed by atoms with Crippen molar-refractivity contribution < 1.29 is 14.6 Å². The lowest BCUT2D eigenvalue weighted by Crippen LogP contribution is -2.24. The van der Waals surface area contributed by atoms with E-state index in [4.69, 9.17) is 27.9 Å². The molecule has 2 N–H and O–H groups in total. The van der Waals surface area contributed by atoms with Crippen LogP contribution in [0.4, 0.5) is 0 Å². The van der Waals surface area contributed by atoms with Crippen molar-refractivity contribution in [1.29, 1.82) is 0 Å². The maximum Gasteiger partial charge on any atom is 0.257 e. The second-order valence-corrected chi connectivity index (χ2v) is 6.48. The van der Waals surface area contributed by atoms with Gasteiger partial charge in [0.2, 0.25) is 0 Å². The van der Waals surface area contributed by atoms with Gasteiger partial charge in [-0.05, 0) is 35.4 Å². The maximum atomic E-state index is 11.3. The van der Waals surface area contributed by atoms with Crippen LogP contribution < -0.4 is 10.1 Å². The number of halogens is 2. The Balaban J connectivity index is 1.83. The van der Waals surface area contributed by atoms with Crippen LogP contribution in [0, 0.1) is 0 Å². The highest BCUT2D eigenvalue weighted by molar-refractivity contribution is 6.36. The van der Waals surface area contributed by atoms with E-state index in [1.165, 1.54) is 24.4 Å². The number of aromatic hydroxyl groups is 1. The van der Waals surface area contributed by atoms with E-state index in [9.17, 15) is 9.90 Å². The Morgan fingerprint density at radius 2 is 2.00 bits per heavy atom. The van der Waals surface area contributed by atoms with Crippen molar-refractivity contribution in [1.82, 2.24) is 20.1 Å². The summed E-state index contributed by atoms with van der Waals surface area (Å²) in [4.78, 5) is 15.2. The topological polar surface area (TPSA) is 89.3 Å². The molecule has 9 heteroatoms. The van der Waals surface area contributed by atoms with Gasteiger partial charge >= 0.3 is 0 Å². The van der Waals surface area contributed by atoms with Gasteiger partial charge in [0, 0.05) is 23.5 Å². The van der Waals surface area contributed by atoms with Crippen molar-refractivity contribution in [2.24, 2.45) is 0 Å². The molecule has 0 saturated heterocycles. The molecule has 1 aromatic heterocycles. The molecule has 0 unspecified atom stereocenters. The number of hydrogen-bond acceptors (Lipinski definition) is 5. The second kappa shape index (κ2) is 8.28. The predicted molar refractivity (Wildman–Crippen MR) is 102 cm³/mol. The summed E-state index contributed by atoms with van der Waals surface area (Å²) in [6, 6.07) is 8.37. The highest BCUT2D eigenvalue weighted by Crippen LogP contribution is 2.33. The van der Waals surface area contributed by atoms with Crippen LogP contribution >= 0.6 is 23.2 Å². The Morgan fingerprint density at radius 3 is 2.63 bits per heavy atom. The summed E-state index contributed by atoms with van der Waals surface area (Å²) < 4.78 is 6.85. The summed E-state index contributed by atoms with van der Waals surface area (Å²) in [7, 11) is 1.53. The smallest absolute Gasteiger partial charge is 0.257 e. The molecule has 0 aliphatic heterocycles. The van der Waals surface area contributed by atoms with E-state index in [1.54, 1.807) is 30.3 Å². The number of rotatable bonds is 6. The molecule has 1 heterocycles. The molecule has 0 atom stereocenters. The van der Waals surface area contributed by atoms with Crippen LogP contribution in [0.5, 0.6) is 11.5 Å². The van der Waals surface area contributed by atoms with Gasteiger partial charge in [0.15, 0.2) is 6.61 Å². The van der Waals surface area contributed by atoms with E-state index in [1.807, 2.05) is 0 Å². The van der Waals surface area contributed by atoms with Crippen LogP contribution in [0.1, 0.15) is 11.1 Å². The first kappa shape index (κ1) is 19.0. The predicted octanol–water partition coefficient (Wildman–Crippen LogP) is 3.00. The molecule has 0 bridgehead atoms. The van der Waals surface area contributed by atoms with E-state index in [0.29, 0.717) is 33.5 Å². The SMILES string of the molecule is CNC(=O)COc1cc(Cl)c(Cc2ccc(O)c(-n3cncn3)c2)c(Cl)c1. The van der Waals surface area contributed by atoms with Gasteiger partial charge in [-0.3, -0.25) is 4.79 Å². The number of phenolic OH excluding ortho intramolecular Hbond substituents is 1. The van der Waals surface area contributed by atoms with Crippen LogP contribution in [0.3, 0.4) is 0 Å². The fourth-order valence-corrected chi connectivity index (χ4v) is 3.05. The number of likely N-dealkylation sites (N-methyl/N-ethyl adjacent to an activating group) is 1. The monoisotopic (exact) mass is 406 g/mol. The average molecular weight is 407 g/mol. The maximum absolute atomic E-state index is 11.3. The van der Waals surface area contributed by atoms with Crippen LogP contribution in [-0.2, 0) is 11.2 Å². The van der Waals surface area contributed by atoms with Crippen LogP contribution in [0.15, 0.2) is 43.0 Å². The number of amides is 1. The van der Waals surface area contributed by atoms with Gasteiger partial charge < -0.3 is 15.2 Å². The molecule has 140 valence electrons. The van der Waals surface area contributed by atoms with Gasteiger partial charge in [-0.25, -0.2) is 9.67 Å². The number of phenols is 1. The molecule has 2 aromatic carbocycles. The van der Waals surface area contributed by atoms with Gasteiger partial charge in [-0.1, -0.05) is 29.3 Å². The Hall–Kier alpha value is -2.77. The number of aromatic nitrogens is 3. The second-order valence-electron chi connectivity index (χ2n) is 5.67. The normalized spacial score (nSPS) is 10.6. The summed E-state index contributed by atoms with van der Waals surface area (Å²) in [5.74, 6) is 0.238. The van der Waals surface area contributed by atoms with E-state index < -0.39 is 0 Å². The van der Waals surface area contributed by atoms with Crippen molar-refractivity contribution >= 4 is 29.1 Å². The third kappa shape index (κ3) is 4.50. The van der Waals surface area contributed by atoms with Crippen LogP contribution in [0.25, 0.3) is 5.69 Å². The summed E-state index contributed by atoms with van der Waals surface area (Å²) in [5.41, 5.74) is 2.09. The van der Waals surface area contributed by atoms with E-state index in [0.717, 1.165) is 5.56 Å². The number of nitrogens with zero attached hydrogens (tertiary/aromatic N) is 3. The largest absolute Gasteiger partial charge is 0.506 e. The molecule has 0 fully saturated rings.